The fourth-order valence-electron chi connectivity index (χ4n) is 2.54. The van der Waals surface area contributed by atoms with E-state index in [1.54, 1.807) is 18.7 Å². The molecule has 3 N–H and O–H groups in total. The van der Waals surface area contributed by atoms with Gasteiger partial charge in [-0.1, -0.05) is 36.4 Å². The average molecular weight is 349 g/mol. The normalized spacial score (nSPS) is 10.8. The molecule has 3 rings (SSSR count). The third kappa shape index (κ3) is 4.37. The second kappa shape index (κ2) is 8.13. The number of nitrogens with one attached hydrogen (secondary N) is 2. The molecule has 0 saturated heterocycles. The zero-order chi connectivity index (χ0) is 18.4. The van der Waals surface area contributed by atoms with Crippen molar-refractivity contribution < 1.29 is 14.7 Å². The van der Waals surface area contributed by atoms with E-state index in [0.717, 1.165) is 34.0 Å². The molecular formula is C20H19N3O3. The van der Waals surface area contributed by atoms with Crippen molar-refractivity contribution in [1.29, 1.82) is 0 Å². The minimum absolute atomic E-state index is 0.560. The maximum atomic E-state index is 11.0. The first-order valence-electron chi connectivity index (χ1n) is 8.07. The number of H-pyrrole nitrogens is 1. The summed E-state index contributed by atoms with van der Waals surface area (Å²) in [5.74, 6) is 1.11. The third-order valence-corrected chi connectivity index (χ3v) is 3.90. The summed E-state index contributed by atoms with van der Waals surface area (Å²) in [5, 5.41) is 8.47. The minimum Gasteiger partial charge on any atom is -0.497 e. The van der Waals surface area contributed by atoms with E-state index in [-0.39, 0.29) is 0 Å². The molecule has 0 bridgehead atoms. The van der Waals surface area contributed by atoms with Gasteiger partial charge in [0.2, 0.25) is 0 Å². The number of aromatic nitrogens is 2. The molecule has 0 saturated carbocycles. The Morgan fingerprint density at radius 2 is 2.08 bits per heavy atom. The molecule has 26 heavy (non-hydrogen) atoms. The number of methoxy groups -OCH3 is 1. The molecule has 0 spiro atoms. The fraction of sp³-hybridized carbons (Fsp3) is 0.100. The number of benzene rings is 2. The number of amides is 1. The second-order valence-corrected chi connectivity index (χ2v) is 5.70. The Labute approximate surface area is 151 Å². The standard InChI is InChI=1S/C20H19N3O3/c1-26-17-4-2-3-16(12-17)18-13-21-19(22-18)11-15-7-5-14(6-8-15)9-10-20(24)23-25/h2-10,12-13,25H,11H2,1H3,(H,21,22)(H,23,24)/b10-9+. The minimum atomic E-state index is -0.560. The summed E-state index contributed by atoms with van der Waals surface area (Å²) in [5.41, 5.74) is 5.48. The van der Waals surface area contributed by atoms with Gasteiger partial charge >= 0.3 is 0 Å². The van der Waals surface area contributed by atoms with E-state index in [1.807, 2.05) is 54.7 Å². The van der Waals surface area contributed by atoms with E-state index in [9.17, 15) is 4.79 Å². The molecule has 1 heterocycles. The number of ether oxygens (including phenoxy) is 1. The Morgan fingerprint density at radius 3 is 2.81 bits per heavy atom. The predicted molar refractivity (Wildman–Crippen MR) is 98.8 cm³/mol. The van der Waals surface area contributed by atoms with E-state index in [2.05, 4.69) is 9.97 Å². The first-order chi connectivity index (χ1) is 12.7. The summed E-state index contributed by atoms with van der Waals surface area (Å²) in [6, 6.07) is 15.6. The summed E-state index contributed by atoms with van der Waals surface area (Å²) >= 11 is 0. The highest BCUT2D eigenvalue weighted by Crippen LogP contribution is 2.22. The molecule has 0 fully saturated rings. The number of aromatic amines is 1. The van der Waals surface area contributed by atoms with Crippen LogP contribution in [0, 0.1) is 0 Å². The highest BCUT2D eigenvalue weighted by molar-refractivity contribution is 5.90. The van der Waals surface area contributed by atoms with Gasteiger partial charge in [-0.25, -0.2) is 10.5 Å². The highest BCUT2D eigenvalue weighted by atomic mass is 16.5. The van der Waals surface area contributed by atoms with Crippen molar-refractivity contribution in [2.24, 2.45) is 0 Å². The summed E-state index contributed by atoms with van der Waals surface area (Å²) < 4.78 is 5.25. The third-order valence-electron chi connectivity index (χ3n) is 3.90. The quantitative estimate of drug-likeness (QED) is 0.362. The first kappa shape index (κ1) is 17.4. The van der Waals surface area contributed by atoms with E-state index in [0.29, 0.717) is 6.42 Å². The smallest absolute Gasteiger partial charge is 0.267 e. The van der Waals surface area contributed by atoms with Crippen LogP contribution < -0.4 is 10.2 Å². The molecule has 6 nitrogen and oxygen atoms in total. The van der Waals surface area contributed by atoms with Gasteiger partial charge in [-0.15, -0.1) is 0 Å². The van der Waals surface area contributed by atoms with Crippen molar-refractivity contribution in [3.8, 4) is 17.0 Å². The van der Waals surface area contributed by atoms with Crippen molar-refractivity contribution in [3.05, 3.63) is 77.8 Å². The Hall–Kier alpha value is -3.38. The lowest BCUT2D eigenvalue weighted by atomic mass is 10.1. The monoisotopic (exact) mass is 349 g/mol. The molecule has 2 aromatic carbocycles. The largest absolute Gasteiger partial charge is 0.497 e. The van der Waals surface area contributed by atoms with Crippen LogP contribution in [0.25, 0.3) is 17.3 Å². The van der Waals surface area contributed by atoms with Crippen molar-refractivity contribution in [2.75, 3.05) is 7.11 Å². The van der Waals surface area contributed by atoms with Gasteiger partial charge in [0.05, 0.1) is 19.0 Å². The Morgan fingerprint density at radius 1 is 1.27 bits per heavy atom. The lowest BCUT2D eigenvalue weighted by molar-refractivity contribution is -0.124. The van der Waals surface area contributed by atoms with Crippen LogP contribution in [0.4, 0.5) is 0 Å². The van der Waals surface area contributed by atoms with Crippen LogP contribution in [0.15, 0.2) is 60.8 Å². The molecule has 1 aromatic heterocycles. The maximum absolute atomic E-state index is 11.0. The van der Waals surface area contributed by atoms with E-state index in [1.165, 1.54) is 6.08 Å². The molecule has 0 unspecified atom stereocenters. The Balaban J connectivity index is 1.69. The number of rotatable bonds is 6. The summed E-state index contributed by atoms with van der Waals surface area (Å²) in [6.45, 7) is 0. The molecule has 0 aliphatic carbocycles. The molecule has 3 aromatic rings. The molecule has 1 amide bonds. The van der Waals surface area contributed by atoms with Crippen LogP contribution in [0.3, 0.4) is 0 Å². The van der Waals surface area contributed by atoms with Crippen LogP contribution in [0.2, 0.25) is 0 Å². The number of carbonyl (C=O) groups excluding carboxylic acids is 1. The SMILES string of the molecule is COc1cccc(-c2cnc(Cc3ccc(/C=C/C(=O)NO)cc3)[nH]2)c1. The lowest BCUT2D eigenvalue weighted by Gasteiger charge is -2.02. The van der Waals surface area contributed by atoms with Gasteiger partial charge in [0.1, 0.15) is 11.6 Å². The highest BCUT2D eigenvalue weighted by Gasteiger charge is 2.05. The molecule has 0 aliphatic rings. The summed E-state index contributed by atoms with van der Waals surface area (Å²) in [7, 11) is 1.65. The zero-order valence-electron chi connectivity index (χ0n) is 14.3. The van der Waals surface area contributed by atoms with E-state index < -0.39 is 5.91 Å². The number of hydrogen-bond acceptors (Lipinski definition) is 4. The summed E-state index contributed by atoms with van der Waals surface area (Å²) in [6.07, 6.45) is 5.38. The lowest BCUT2D eigenvalue weighted by Crippen LogP contribution is -2.14. The zero-order valence-corrected chi connectivity index (χ0v) is 14.3. The van der Waals surface area contributed by atoms with Gasteiger partial charge < -0.3 is 9.72 Å². The van der Waals surface area contributed by atoms with Gasteiger partial charge in [0.15, 0.2) is 0 Å². The van der Waals surface area contributed by atoms with Crippen molar-refractivity contribution in [3.63, 3.8) is 0 Å². The topological polar surface area (TPSA) is 87.2 Å². The number of carbonyl (C=O) groups is 1. The molecule has 132 valence electrons. The second-order valence-electron chi connectivity index (χ2n) is 5.70. The Bertz CT molecular complexity index is 914. The maximum Gasteiger partial charge on any atom is 0.267 e. The van der Waals surface area contributed by atoms with Crippen LogP contribution in [-0.4, -0.2) is 28.2 Å². The number of imidazole rings is 1. The van der Waals surface area contributed by atoms with Crippen molar-refractivity contribution in [1.82, 2.24) is 15.4 Å². The fourth-order valence-corrected chi connectivity index (χ4v) is 2.54. The van der Waals surface area contributed by atoms with Gasteiger partial charge in [0, 0.05) is 18.1 Å². The average Bonchev–Trinajstić information content (AvgIpc) is 3.15. The van der Waals surface area contributed by atoms with Crippen LogP contribution in [0.1, 0.15) is 17.0 Å². The van der Waals surface area contributed by atoms with E-state index >= 15 is 0 Å². The van der Waals surface area contributed by atoms with Gasteiger partial charge in [-0.2, -0.15) is 0 Å². The van der Waals surface area contributed by atoms with E-state index in [4.69, 9.17) is 9.94 Å². The Kier molecular flexibility index (Phi) is 5.46. The van der Waals surface area contributed by atoms with Crippen LogP contribution >= 0.6 is 0 Å². The molecule has 0 atom stereocenters. The molecule has 6 heteroatoms. The molecule has 0 aliphatic heterocycles. The number of hydroxylamine groups is 1. The molecule has 0 radical (unpaired) electrons. The number of hydrogen-bond donors (Lipinski definition) is 3. The molecular weight excluding hydrogens is 330 g/mol. The summed E-state index contributed by atoms with van der Waals surface area (Å²) in [4.78, 5) is 18.8. The predicted octanol–water partition coefficient (Wildman–Crippen LogP) is 3.19. The van der Waals surface area contributed by atoms with Gasteiger partial charge in [-0.05, 0) is 29.3 Å². The van der Waals surface area contributed by atoms with Crippen molar-refractivity contribution >= 4 is 12.0 Å². The van der Waals surface area contributed by atoms with Crippen molar-refractivity contribution in [2.45, 2.75) is 6.42 Å². The van der Waals surface area contributed by atoms with Gasteiger partial charge in [0.25, 0.3) is 5.91 Å². The van der Waals surface area contributed by atoms with Crippen LogP contribution in [0.5, 0.6) is 5.75 Å². The first-order valence-corrected chi connectivity index (χ1v) is 8.07. The number of nitrogens with zero attached hydrogens (tertiary/aromatic N) is 1. The van der Waals surface area contributed by atoms with Crippen LogP contribution in [-0.2, 0) is 11.2 Å². The van der Waals surface area contributed by atoms with Gasteiger partial charge in [-0.3, -0.25) is 10.0 Å².